The highest BCUT2D eigenvalue weighted by molar-refractivity contribution is 5.85. The van der Waals surface area contributed by atoms with Crippen LogP contribution in [0.3, 0.4) is 0 Å². The Kier molecular flexibility index (Phi) is 11.1. The van der Waals surface area contributed by atoms with E-state index in [0.29, 0.717) is 25.3 Å². The minimum atomic E-state index is -4.95. The van der Waals surface area contributed by atoms with Gasteiger partial charge in [0.25, 0.3) is 0 Å². The normalized spacial score (nSPS) is 21.4. The van der Waals surface area contributed by atoms with Crippen molar-refractivity contribution in [1.82, 2.24) is 15.4 Å². The van der Waals surface area contributed by atoms with Gasteiger partial charge in [0, 0.05) is 38.9 Å². The van der Waals surface area contributed by atoms with Crippen LogP contribution in [-0.4, -0.2) is 47.5 Å². The van der Waals surface area contributed by atoms with Crippen molar-refractivity contribution in [3.63, 3.8) is 0 Å². The topological polar surface area (TPSA) is 83.8 Å². The Hall–Kier alpha value is -3.10. The monoisotopic (exact) mass is 676 g/mol. The van der Waals surface area contributed by atoms with Crippen LogP contribution in [0.5, 0.6) is 0 Å². The van der Waals surface area contributed by atoms with Crippen LogP contribution in [0.4, 0.5) is 32.0 Å². The van der Waals surface area contributed by atoms with E-state index in [4.69, 9.17) is 0 Å². The number of benzene rings is 2. The second kappa shape index (κ2) is 14.3. The second-order valence-corrected chi connectivity index (χ2v) is 12.2. The number of hydrogen-bond donors (Lipinski definition) is 2. The van der Waals surface area contributed by atoms with Crippen LogP contribution in [0.2, 0.25) is 0 Å². The van der Waals surface area contributed by atoms with Gasteiger partial charge < -0.3 is 10.0 Å². The van der Waals surface area contributed by atoms with E-state index in [1.807, 2.05) is 6.92 Å². The summed E-state index contributed by atoms with van der Waals surface area (Å²) < 4.78 is 82.0. The standard InChI is InChI=1S/C31H38F6N6O2.ClH/c1-3-42(16-19-7-9-21(10-8-19)28(44)45)27-14-23-6-4-5-22(23)13-24(27)18-43(29-38-40-41(2)39-29)17-20-11-25(30(32,33)34)15-26(12-20)31(35,36)37;/h11-15,19,21,29,39H,3-10,16-18H2,1-2H3,(H,44,45);1H. The highest BCUT2D eigenvalue weighted by Crippen LogP contribution is 2.38. The van der Waals surface area contributed by atoms with E-state index in [1.54, 1.807) is 11.9 Å². The first-order valence-corrected chi connectivity index (χ1v) is 15.3. The number of hydrazine groups is 1. The lowest BCUT2D eigenvalue weighted by Gasteiger charge is -2.35. The maximum Gasteiger partial charge on any atom is 0.416 e. The molecule has 3 aliphatic rings. The summed E-state index contributed by atoms with van der Waals surface area (Å²) in [5.74, 6) is -0.767. The number of fused-ring (bicyclic) bond motifs is 1. The number of hydrogen-bond acceptors (Lipinski definition) is 7. The molecule has 2 aliphatic carbocycles. The fraction of sp³-hybridized carbons (Fsp3) is 0.581. The van der Waals surface area contributed by atoms with E-state index in [-0.39, 0.29) is 43.0 Å². The van der Waals surface area contributed by atoms with Crippen molar-refractivity contribution in [3.05, 3.63) is 63.7 Å². The largest absolute Gasteiger partial charge is 0.481 e. The van der Waals surface area contributed by atoms with Crippen LogP contribution >= 0.6 is 12.4 Å². The first-order valence-electron chi connectivity index (χ1n) is 15.3. The summed E-state index contributed by atoms with van der Waals surface area (Å²) in [4.78, 5) is 15.4. The van der Waals surface area contributed by atoms with Crippen LogP contribution in [0, 0.1) is 11.8 Å². The van der Waals surface area contributed by atoms with E-state index in [9.17, 15) is 36.2 Å². The van der Waals surface area contributed by atoms with Crippen LogP contribution in [0.25, 0.3) is 0 Å². The Morgan fingerprint density at radius 2 is 1.57 bits per heavy atom. The fourth-order valence-electron chi connectivity index (χ4n) is 6.68. The van der Waals surface area contributed by atoms with E-state index in [1.165, 1.54) is 16.2 Å². The third kappa shape index (κ3) is 8.43. The summed E-state index contributed by atoms with van der Waals surface area (Å²) in [6.45, 7) is 3.38. The maximum absolute atomic E-state index is 13.7. The van der Waals surface area contributed by atoms with Gasteiger partial charge in [-0.15, -0.1) is 17.5 Å². The molecule has 254 valence electrons. The van der Waals surface area contributed by atoms with E-state index in [2.05, 4.69) is 32.8 Å². The van der Waals surface area contributed by atoms with Crippen molar-refractivity contribution in [2.45, 2.75) is 83.6 Å². The van der Waals surface area contributed by atoms with Crippen molar-refractivity contribution in [2.24, 2.45) is 22.2 Å². The molecule has 2 N–H and O–H groups in total. The van der Waals surface area contributed by atoms with Gasteiger partial charge in [0.1, 0.15) is 0 Å². The van der Waals surface area contributed by atoms with Gasteiger partial charge in [-0.25, -0.2) is 5.12 Å². The van der Waals surface area contributed by atoms with Gasteiger partial charge in [-0.05, 0) is 104 Å². The SMILES string of the molecule is CCN(CC1CCC(C(=O)O)CC1)c1cc2c(cc1CN(Cc1cc(C(F)(F)F)cc(C(F)(F)F)c1)C1N=NN(C)N1)CCC2.Cl. The highest BCUT2D eigenvalue weighted by Gasteiger charge is 2.38. The molecule has 0 aromatic heterocycles. The number of carbonyl (C=O) groups is 1. The Balaban J connectivity index is 0.00000480. The summed E-state index contributed by atoms with van der Waals surface area (Å²) in [6, 6.07) is 5.93. The first kappa shape index (κ1) is 35.7. The molecule has 0 bridgehead atoms. The predicted octanol–water partition coefficient (Wildman–Crippen LogP) is 7.46. The number of anilines is 1. The Bertz CT molecular complexity index is 1380. The quantitative estimate of drug-likeness (QED) is 0.255. The molecule has 0 amide bonds. The third-order valence-corrected chi connectivity index (χ3v) is 9.04. The van der Waals surface area contributed by atoms with Crippen molar-refractivity contribution in [3.8, 4) is 0 Å². The molecular weight excluding hydrogens is 638 g/mol. The van der Waals surface area contributed by atoms with Crippen molar-refractivity contribution < 1.29 is 36.2 Å². The minimum Gasteiger partial charge on any atom is -0.481 e. The molecule has 1 unspecified atom stereocenters. The first-order chi connectivity index (χ1) is 21.2. The van der Waals surface area contributed by atoms with Crippen molar-refractivity contribution in [1.29, 1.82) is 0 Å². The summed E-state index contributed by atoms with van der Waals surface area (Å²) >= 11 is 0. The molecule has 0 spiro atoms. The number of aliphatic carboxylic acids is 1. The highest BCUT2D eigenvalue weighted by atomic mass is 35.5. The molecule has 1 aliphatic heterocycles. The zero-order valence-corrected chi connectivity index (χ0v) is 26.5. The van der Waals surface area contributed by atoms with Gasteiger partial charge in [0.15, 0.2) is 6.29 Å². The molecule has 8 nitrogen and oxygen atoms in total. The predicted molar refractivity (Wildman–Crippen MR) is 162 cm³/mol. The average Bonchev–Trinajstić information content (AvgIpc) is 3.63. The summed E-state index contributed by atoms with van der Waals surface area (Å²) in [6.07, 6.45) is -5.04. The van der Waals surface area contributed by atoms with E-state index >= 15 is 0 Å². The van der Waals surface area contributed by atoms with Crippen LogP contribution < -0.4 is 10.3 Å². The molecule has 2 aromatic carbocycles. The maximum atomic E-state index is 13.7. The number of alkyl halides is 6. The third-order valence-electron chi connectivity index (χ3n) is 9.04. The lowest BCUT2D eigenvalue weighted by atomic mass is 9.81. The molecule has 1 atom stereocenters. The Morgan fingerprint density at radius 1 is 0.957 bits per heavy atom. The number of carboxylic acids is 1. The molecule has 15 heteroatoms. The molecule has 1 saturated carbocycles. The van der Waals surface area contributed by atoms with Crippen molar-refractivity contribution >= 4 is 24.1 Å². The summed E-state index contributed by atoms with van der Waals surface area (Å²) in [7, 11) is 1.60. The van der Waals surface area contributed by atoms with Crippen molar-refractivity contribution in [2.75, 3.05) is 25.0 Å². The minimum absolute atomic E-state index is 0. The lowest BCUT2D eigenvalue weighted by molar-refractivity contribution is -0.144. The number of halogens is 7. The molecule has 46 heavy (non-hydrogen) atoms. The second-order valence-electron chi connectivity index (χ2n) is 12.2. The summed E-state index contributed by atoms with van der Waals surface area (Å²) in [5, 5.41) is 18.9. The average molecular weight is 677 g/mol. The zero-order valence-electron chi connectivity index (χ0n) is 25.7. The number of nitrogens with zero attached hydrogens (tertiary/aromatic N) is 5. The van der Waals surface area contributed by atoms with Gasteiger partial charge >= 0.3 is 18.3 Å². The Morgan fingerprint density at radius 3 is 2.09 bits per heavy atom. The molecule has 1 fully saturated rings. The number of aryl methyl sites for hydroxylation is 2. The molecule has 1 heterocycles. The van der Waals surface area contributed by atoms with Gasteiger partial charge in [0.2, 0.25) is 0 Å². The Labute approximate surface area is 270 Å². The lowest BCUT2D eigenvalue weighted by Crippen LogP contribution is -2.45. The van der Waals surface area contributed by atoms with Crippen LogP contribution in [0.1, 0.15) is 72.4 Å². The van der Waals surface area contributed by atoms with Gasteiger partial charge in [0.05, 0.1) is 17.0 Å². The van der Waals surface area contributed by atoms with E-state index in [0.717, 1.165) is 62.0 Å². The van der Waals surface area contributed by atoms with Crippen LogP contribution in [0.15, 0.2) is 40.7 Å². The number of rotatable bonds is 10. The van der Waals surface area contributed by atoms with E-state index < -0.39 is 35.7 Å². The summed E-state index contributed by atoms with van der Waals surface area (Å²) in [5.41, 5.74) is 4.41. The molecule has 0 radical (unpaired) electrons. The van der Waals surface area contributed by atoms with Gasteiger partial charge in [-0.3, -0.25) is 9.69 Å². The molecule has 0 saturated heterocycles. The fourth-order valence-corrected chi connectivity index (χ4v) is 6.68. The zero-order chi connectivity index (χ0) is 32.5. The molecule has 5 rings (SSSR count). The number of carboxylic acid groups (broad SMARTS) is 1. The van der Waals surface area contributed by atoms with Gasteiger partial charge in [-0.2, -0.15) is 31.8 Å². The number of nitrogens with one attached hydrogen (secondary N) is 1. The smallest absolute Gasteiger partial charge is 0.416 e. The van der Waals surface area contributed by atoms with Crippen LogP contribution in [-0.2, 0) is 43.1 Å². The van der Waals surface area contributed by atoms with Gasteiger partial charge in [-0.1, -0.05) is 11.3 Å². The molecule has 2 aromatic rings. The molecular formula is C31H39ClF6N6O2.